The van der Waals surface area contributed by atoms with Crippen LogP contribution in [0.3, 0.4) is 0 Å². The van der Waals surface area contributed by atoms with Crippen LogP contribution in [0.2, 0.25) is 0 Å². The summed E-state index contributed by atoms with van der Waals surface area (Å²) in [6.45, 7) is 6.15. The predicted molar refractivity (Wildman–Crippen MR) is 105 cm³/mol. The van der Waals surface area contributed by atoms with E-state index in [-0.39, 0.29) is 17.1 Å². The molecule has 1 aromatic heterocycles. The first-order valence-electron chi connectivity index (χ1n) is 8.63. The van der Waals surface area contributed by atoms with Gasteiger partial charge in [-0.2, -0.15) is 10.2 Å². The number of rotatable bonds is 4. The van der Waals surface area contributed by atoms with Crippen molar-refractivity contribution in [3.63, 3.8) is 0 Å². The highest BCUT2D eigenvalue weighted by atomic mass is 16.3. The van der Waals surface area contributed by atoms with Gasteiger partial charge in [0, 0.05) is 5.41 Å². The van der Waals surface area contributed by atoms with E-state index in [2.05, 4.69) is 36.4 Å². The average molecular weight is 362 g/mol. The fourth-order valence-corrected chi connectivity index (χ4v) is 2.46. The number of hydrogen-bond acceptors (Lipinski definition) is 4. The normalized spacial score (nSPS) is 11.7. The minimum Gasteiger partial charge on any atom is -0.508 e. The predicted octanol–water partition coefficient (Wildman–Crippen LogP) is 3.64. The van der Waals surface area contributed by atoms with Gasteiger partial charge in [0.25, 0.3) is 5.91 Å². The molecule has 0 saturated carbocycles. The Morgan fingerprint density at radius 3 is 2.41 bits per heavy atom. The third kappa shape index (κ3) is 4.41. The van der Waals surface area contributed by atoms with E-state index in [0.717, 1.165) is 16.9 Å². The number of carbonyl (C=O) groups is 1. The Morgan fingerprint density at radius 2 is 1.78 bits per heavy atom. The summed E-state index contributed by atoms with van der Waals surface area (Å²) >= 11 is 0. The third-order valence-electron chi connectivity index (χ3n) is 3.98. The van der Waals surface area contributed by atoms with Crippen molar-refractivity contribution in [2.75, 3.05) is 0 Å². The maximum Gasteiger partial charge on any atom is 0.290 e. The van der Waals surface area contributed by atoms with Crippen LogP contribution in [0.5, 0.6) is 5.75 Å². The summed E-state index contributed by atoms with van der Waals surface area (Å²) < 4.78 is 1.63. The van der Waals surface area contributed by atoms with E-state index in [9.17, 15) is 9.90 Å². The highest BCUT2D eigenvalue weighted by Crippen LogP contribution is 2.23. The zero-order valence-electron chi connectivity index (χ0n) is 15.5. The molecule has 0 bridgehead atoms. The monoisotopic (exact) mass is 362 g/mol. The lowest BCUT2D eigenvalue weighted by molar-refractivity contribution is 0.0947. The van der Waals surface area contributed by atoms with Gasteiger partial charge in [0.1, 0.15) is 11.4 Å². The van der Waals surface area contributed by atoms with Crippen molar-refractivity contribution in [3.8, 4) is 11.4 Å². The molecule has 6 nitrogen and oxygen atoms in total. The van der Waals surface area contributed by atoms with Crippen LogP contribution in [-0.2, 0) is 5.41 Å². The molecule has 3 rings (SSSR count). The Labute approximate surface area is 158 Å². The molecule has 1 heterocycles. The molecule has 2 N–H and O–H groups in total. The first-order chi connectivity index (χ1) is 12.8. The van der Waals surface area contributed by atoms with Gasteiger partial charge in [-0.25, -0.2) is 10.1 Å². The number of benzene rings is 2. The standard InChI is InChI=1S/C21H22N4O2/c1-21(2,3)19-13-18(25(24-19)16-7-5-4-6-8-16)20(27)23-22-14-15-9-11-17(26)12-10-15/h4-14,26H,1-3H3,(H,23,27). The molecular formula is C21H22N4O2. The molecule has 0 unspecified atom stereocenters. The molecule has 0 radical (unpaired) electrons. The summed E-state index contributed by atoms with van der Waals surface area (Å²) in [5.41, 5.74) is 5.15. The molecule has 0 aliphatic heterocycles. The van der Waals surface area contributed by atoms with E-state index < -0.39 is 0 Å². The number of hydrazone groups is 1. The van der Waals surface area contributed by atoms with Gasteiger partial charge in [0.15, 0.2) is 0 Å². The van der Waals surface area contributed by atoms with Crippen molar-refractivity contribution in [1.82, 2.24) is 15.2 Å². The largest absolute Gasteiger partial charge is 0.508 e. The van der Waals surface area contributed by atoms with Crippen LogP contribution in [0.15, 0.2) is 65.8 Å². The van der Waals surface area contributed by atoms with Gasteiger partial charge in [0.05, 0.1) is 17.6 Å². The number of para-hydroxylation sites is 1. The van der Waals surface area contributed by atoms with E-state index in [1.54, 1.807) is 35.0 Å². The maximum atomic E-state index is 12.7. The van der Waals surface area contributed by atoms with Crippen LogP contribution in [0.4, 0.5) is 0 Å². The van der Waals surface area contributed by atoms with E-state index in [1.165, 1.54) is 6.21 Å². The van der Waals surface area contributed by atoms with E-state index in [1.807, 2.05) is 30.3 Å². The van der Waals surface area contributed by atoms with Gasteiger partial charge in [0.2, 0.25) is 0 Å². The minimum atomic E-state index is -0.350. The molecule has 2 aromatic carbocycles. The fraction of sp³-hybridized carbons (Fsp3) is 0.190. The number of phenolic OH excluding ortho intramolecular Hbond substituents is 1. The lowest BCUT2D eigenvalue weighted by atomic mass is 9.92. The molecule has 3 aromatic rings. The molecule has 0 atom stereocenters. The Hall–Kier alpha value is -3.41. The highest BCUT2D eigenvalue weighted by Gasteiger charge is 2.23. The number of aromatic hydroxyl groups is 1. The first-order valence-corrected chi connectivity index (χ1v) is 8.63. The van der Waals surface area contributed by atoms with Crippen molar-refractivity contribution in [2.24, 2.45) is 5.10 Å². The molecule has 0 saturated heterocycles. The van der Waals surface area contributed by atoms with Crippen molar-refractivity contribution in [1.29, 1.82) is 0 Å². The second-order valence-corrected chi connectivity index (χ2v) is 7.20. The molecule has 6 heteroatoms. The quantitative estimate of drug-likeness (QED) is 0.549. The molecule has 0 spiro atoms. The van der Waals surface area contributed by atoms with Crippen LogP contribution in [0.25, 0.3) is 5.69 Å². The second-order valence-electron chi connectivity index (χ2n) is 7.20. The summed E-state index contributed by atoms with van der Waals surface area (Å²) in [4.78, 5) is 12.7. The molecule has 1 amide bonds. The summed E-state index contributed by atoms with van der Waals surface area (Å²) in [7, 11) is 0. The van der Waals surface area contributed by atoms with Crippen LogP contribution < -0.4 is 5.43 Å². The van der Waals surface area contributed by atoms with Gasteiger partial charge < -0.3 is 5.11 Å². The Kier molecular flexibility index (Phi) is 5.07. The molecule has 0 fully saturated rings. The van der Waals surface area contributed by atoms with Crippen molar-refractivity contribution in [3.05, 3.63) is 77.6 Å². The third-order valence-corrected chi connectivity index (χ3v) is 3.98. The number of nitrogens with one attached hydrogen (secondary N) is 1. The molecule has 138 valence electrons. The van der Waals surface area contributed by atoms with E-state index in [4.69, 9.17) is 0 Å². The molecule has 27 heavy (non-hydrogen) atoms. The maximum absolute atomic E-state index is 12.7. The SMILES string of the molecule is CC(C)(C)c1cc(C(=O)NN=Cc2ccc(O)cc2)n(-c2ccccc2)n1. The fourth-order valence-electron chi connectivity index (χ4n) is 2.46. The first kappa shape index (κ1) is 18.4. The lowest BCUT2D eigenvalue weighted by Gasteiger charge is -2.14. The molecular weight excluding hydrogens is 340 g/mol. The van der Waals surface area contributed by atoms with Gasteiger partial charge in [-0.3, -0.25) is 4.79 Å². The summed E-state index contributed by atoms with van der Waals surface area (Å²) in [6.07, 6.45) is 1.52. The zero-order valence-corrected chi connectivity index (χ0v) is 15.5. The van der Waals surface area contributed by atoms with Crippen molar-refractivity contribution >= 4 is 12.1 Å². The van der Waals surface area contributed by atoms with Crippen molar-refractivity contribution in [2.45, 2.75) is 26.2 Å². The number of hydrogen-bond donors (Lipinski definition) is 2. The number of aromatic nitrogens is 2. The van der Waals surface area contributed by atoms with Gasteiger partial charge in [-0.1, -0.05) is 39.0 Å². The number of nitrogens with zero attached hydrogens (tertiary/aromatic N) is 3. The average Bonchev–Trinajstić information content (AvgIpc) is 3.10. The lowest BCUT2D eigenvalue weighted by Crippen LogP contribution is -2.21. The molecule has 0 aliphatic carbocycles. The summed E-state index contributed by atoms with van der Waals surface area (Å²) in [5, 5.41) is 17.9. The molecule has 0 aliphatic rings. The Bertz CT molecular complexity index is 952. The summed E-state index contributed by atoms with van der Waals surface area (Å²) in [6, 6.07) is 17.8. The van der Waals surface area contributed by atoms with Gasteiger partial charge >= 0.3 is 0 Å². The van der Waals surface area contributed by atoms with Crippen LogP contribution in [0.1, 0.15) is 42.5 Å². The van der Waals surface area contributed by atoms with Crippen LogP contribution >= 0.6 is 0 Å². The van der Waals surface area contributed by atoms with E-state index >= 15 is 0 Å². The van der Waals surface area contributed by atoms with E-state index in [0.29, 0.717) is 5.69 Å². The second kappa shape index (κ2) is 7.45. The summed E-state index contributed by atoms with van der Waals surface area (Å²) in [5.74, 6) is -0.172. The minimum absolute atomic E-state index is 0.178. The van der Waals surface area contributed by atoms with Crippen molar-refractivity contribution < 1.29 is 9.90 Å². The smallest absolute Gasteiger partial charge is 0.290 e. The van der Waals surface area contributed by atoms with Crippen LogP contribution in [-0.4, -0.2) is 27.0 Å². The zero-order chi connectivity index (χ0) is 19.4. The number of amides is 1. The topological polar surface area (TPSA) is 79.5 Å². The van der Waals surface area contributed by atoms with Gasteiger partial charge in [-0.05, 0) is 48.0 Å². The number of carbonyl (C=O) groups excluding carboxylic acids is 1. The van der Waals surface area contributed by atoms with Gasteiger partial charge in [-0.15, -0.1) is 0 Å². The van der Waals surface area contributed by atoms with Crippen LogP contribution in [0, 0.1) is 0 Å². The highest BCUT2D eigenvalue weighted by molar-refractivity contribution is 5.94. The Balaban J connectivity index is 1.86. The number of phenols is 1. The Morgan fingerprint density at radius 1 is 1.11 bits per heavy atom.